The average molecular weight is 290 g/mol. The summed E-state index contributed by atoms with van der Waals surface area (Å²) in [5.41, 5.74) is 5.67. The van der Waals surface area contributed by atoms with Crippen LogP contribution in [0.4, 0.5) is 4.39 Å². The van der Waals surface area contributed by atoms with E-state index in [0.717, 1.165) is 11.8 Å². The fourth-order valence-electron chi connectivity index (χ4n) is 1.71. The molecule has 0 atom stereocenters. The van der Waals surface area contributed by atoms with Crippen LogP contribution in [0, 0.1) is 5.82 Å². The molecule has 0 saturated heterocycles. The number of amidine groups is 1. The summed E-state index contributed by atoms with van der Waals surface area (Å²) in [4.78, 5) is 0. The number of hydrogen-bond acceptors (Lipinski definition) is 4. The Bertz CT molecular complexity index is 618. The minimum absolute atomic E-state index is 0.192. The molecule has 0 heterocycles. The van der Waals surface area contributed by atoms with E-state index < -0.39 is 5.82 Å². The molecule has 0 aliphatic rings. The number of nitrogens with two attached hydrogens (primary N) is 1. The van der Waals surface area contributed by atoms with Crippen LogP contribution in [0.15, 0.2) is 53.7 Å². The second-order valence-corrected chi connectivity index (χ2v) is 4.14. The molecule has 3 N–H and O–H groups in total. The summed E-state index contributed by atoms with van der Waals surface area (Å²) in [6.45, 7) is 0.559. The first-order valence-corrected chi connectivity index (χ1v) is 6.29. The van der Waals surface area contributed by atoms with Gasteiger partial charge in [-0.3, -0.25) is 0 Å². The van der Waals surface area contributed by atoms with Gasteiger partial charge in [-0.15, -0.1) is 0 Å². The van der Waals surface area contributed by atoms with Crippen molar-refractivity contribution in [1.82, 2.24) is 0 Å². The van der Waals surface area contributed by atoms with Gasteiger partial charge in [0.05, 0.1) is 5.56 Å². The predicted molar refractivity (Wildman–Crippen MR) is 76.3 cm³/mol. The maximum absolute atomic E-state index is 13.2. The molecule has 0 amide bonds. The second kappa shape index (κ2) is 7.14. The van der Waals surface area contributed by atoms with Crippen LogP contribution in [0.2, 0.25) is 0 Å². The van der Waals surface area contributed by atoms with E-state index in [2.05, 4.69) is 5.16 Å². The molecule has 0 radical (unpaired) electrons. The first kappa shape index (κ1) is 14.6. The SMILES string of the molecule is NC(=NO)c1cc(F)ccc1OCCOc1ccccc1. The van der Waals surface area contributed by atoms with Gasteiger partial charge in [0.1, 0.15) is 30.5 Å². The predicted octanol–water partition coefficient (Wildman–Crippen LogP) is 2.38. The molecule has 21 heavy (non-hydrogen) atoms. The van der Waals surface area contributed by atoms with E-state index in [0.29, 0.717) is 12.4 Å². The third-order valence-corrected chi connectivity index (χ3v) is 2.68. The summed E-state index contributed by atoms with van der Waals surface area (Å²) in [5, 5.41) is 11.5. The van der Waals surface area contributed by atoms with E-state index in [1.807, 2.05) is 30.3 Å². The van der Waals surface area contributed by atoms with Gasteiger partial charge >= 0.3 is 0 Å². The van der Waals surface area contributed by atoms with E-state index in [1.54, 1.807) is 0 Å². The highest BCUT2D eigenvalue weighted by atomic mass is 19.1. The smallest absolute Gasteiger partial charge is 0.173 e. The minimum Gasteiger partial charge on any atom is -0.490 e. The summed E-state index contributed by atoms with van der Waals surface area (Å²) >= 11 is 0. The fraction of sp³-hybridized carbons (Fsp3) is 0.133. The molecular weight excluding hydrogens is 275 g/mol. The lowest BCUT2D eigenvalue weighted by Crippen LogP contribution is -2.17. The molecular formula is C15H15FN2O3. The van der Waals surface area contributed by atoms with Crippen molar-refractivity contribution < 1.29 is 19.1 Å². The van der Waals surface area contributed by atoms with E-state index >= 15 is 0 Å². The lowest BCUT2D eigenvalue weighted by Gasteiger charge is -2.11. The summed E-state index contributed by atoms with van der Waals surface area (Å²) in [6, 6.07) is 13.1. The molecule has 0 unspecified atom stereocenters. The van der Waals surface area contributed by atoms with E-state index in [4.69, 9.17) is 20.4 Å². The number of rotatable bonds is 6. The van der Waals surface area contributed by atoms with E-state index in [1.165, 1.54) is 12.1 Å². The first-order chi connectivity index (χ1) is 10.2. The van der Waals surface area contributed by atoms with Crippen molar-refractivity contribution >= 4 is 5.84 Å². The lowest BCUT2D eigenvalue weighted by atomic mass is 10.2. The Morgan fingerprint density at radius 1 is 1.10 bits per heavy atom. The summed E-state index contributed by atoms with van der Waals surface area (Å²) in [7, 11) is 0. The van der Waals surface area contributed by atoms with Crippen LogP contribution < -0.4 is 15.2 Å². The Morgan fingerprint density at radius 3 is 2.52 bits per heavy atom. The molecule has 0 bridgehead atoms. The fourth-order valence-corrected chi connectivity index (χ4v) is 1.71. The molecule has 6 heteroatoms. The second-order valence-electron chi connectivity index (χ2n) is 4.14. The molecule has 0 fully saturated rings. The quantitative estimate of drug-likeness (QED) is 0.281. The Labute approximate surface area is 121 Å². The van der Waals surface area contributed by atoms with Crippen LogP contribution in [-0.4, -0.2) is 24.3 Å². The van der Waals surface area contributed by atoms with Crippen LogP contribution in [0.5, 0.6) is 11.5 Å². The molecule has 0 aliphatic carbocycles. The number of oxime groups is 1. The van der Waals surface area contributed by atoms with Crippen molar-refractivity contribution in [2.24, 2.45) is 10.9 Å². The van der Waals surface area contributed by atoms with Crippen LogP contribution in [0.3, 0.4) is 0 Å². The highest BCUT2D eigenvalue weighted by Gasteiger charge is 2.10. The largest absolute Gasteiger partial charge is 0.490 e. The maximum atomic E-state index is 13.2. The molecule has 0 saturated carbocycles. The summed E-state index contributed by atoms with van der Waals surface area (Å²) < 4.78 is 24.1. The molecule has 0 spiro atoms. The number of ether oxygens (including phenoxy) is 2. The number of nitrogens with zero attached hydrogens (tertiary/aromatic N) is 1. The van der Waals surface area contributed by atoms with Gasteiger partial charge in [0.25, 0.3) is 0 Å². The van der Waals surface area contributed by atoms with E-state index in [-0.39, 0.29) is 18.0 Å². The normalized spacial score (nSPS) is 11.2. The van der Waals surface area contributed by atoms with Crippen LogP contribution >= 0.6 is 0 Å². The number of para-hydroxylation sites is 1. The van der Waals surface area contributed by atoms with Gasteiger partial charge in [-0.05, 0) is 30.3 Å². The molecule has 0 aromatic heterocycles. The minimum atomic E-state index is -0.496. The summed E-state index contributed by atoms with van der Waals surface area (Å²) in [6.07, 6.45) is 0. The van der Waals surface area contributed by atoms with Gasteiger partial charge in [-0.25, -0.2) is 4.39 Å². The monoisotopic (exact) mass is 290 g/mol. The maximum Gasteiger partial charge on any atom is 0.173 e. The van der Waals surface area contributed by atoms with Gasteiger partial charge in [0, 0.05) is 0 Å². The third-order valence-electron chi connectivity index (χ3n) is 2.68. The molecule has 2 aromatic carbocycles. The molecule has 2 rings (SSSR count). The zero-order valence-electron chi connectivity index (χ0n) is 11.2. The van der Waals surface area contributed by atoms with Crippen molar-refractivity contribution in [3.8, 4) is 11.5 Å². The lowest BCUT2D eigenvalue weighted by molar-refractivity contribution is 0.216. The molecule has 110 valence electrons. The highest BCUT2D eigenvalue weighted by Crippen LogP contribution is 2.19. The van der Waals surface area contributed by atoms with Crippen LogP contribution in [-0.2, 0) is 0 Å². The van der Waals surface area contributed by atoms with Crippen molar-refractivity contribution in [1.29, 1.82) is 0 Å². The van der Waals surface area contributed by atoms with Gasteiger partial charge in [0.15, 0.2) is 5.84 Å². The average Bonchev–Trinajstić information content (AvgIpc) is 2.53. The van der Waals surface area contributed by atoms with E-state index in [9.17, 15) is 4.39 Å². The Morgan fingerprint density at radius 2 is 1.81 bits per heavy atom. The van der Waals surface area contributed by atoms with Gasteiger partial charge in [0.2, 0.25) is 0 Å². The van der Waals surface area contributed by atoms with Crippen molar-refractivity contribution in [2.45, 2.75) is 0 Å². The Balaban J connectivity index is 1.94. The van der Waals surface area contributed by atoms with Crippen molar-refractivity contribution in [3.63, 3.8) is 0 Å². The first-order valence-electron chi connectivity index (χ1n) is 6.29. The third kappa shape index (κ3) is 4.10. The highest BCUT2D eigenvalue weighted by molar-refractivity contribution is 5.99. The van der Waals surface area contributed by atoms with Crippen molar-refractivity contribution in [3.05, 3.63) is 59.9 Å². The van der Waals surface area contributed by atoms with Crippen molar-refractivity contribution in [2.75, 3.05) is 13.2 Å². The van der Waals surface area contributed by atoms with Gasteiger partial charge in [-0.1, -0.05) is 23.4 Å². The number of benzene rings is 2. The van der Waals surface area contributed by atoms with Gasteiger partial charge in [-0.2, -0.15) is 0 Å². The standard InChI is InChI=1S/C15H15FN2O3/c16-11-6-7-14(13(10-11)15(17)18-19)21-9-8-20-12-4-2-1-3-5-12/h1-7,10,19H,8-9H2,(H2,17,18). The van der Waals surface area contributed by atoms with Gasteiger partial charge < -0.3 is 20.4 Å². The zero-order valence-corrected chi connectivity index (χ0v) is 11.2. The zero-order chi connectivity index (χ0) is 15.1. The molecule has 5 nitrogen and oxygen atoms in total. The Kier molecular flexibility index (Phi) is 4.98. The summed E-state index contributed by atoms with van der Waals surface area (Å²) in [5.74, 6) is 0.346. The molecule has 2 aromatic rings. The van der Waals surface area contributed by atoms with Crippen LogP contribution in [0.25, 0.3) is 0 Å². The Hall–Kier alpha value is -2.76. The molecule has 0 aliphatic heterocycles. The number of hydrogen-bond donors (Lipinski definition) is 2. The topological polar surface area (TPSA) is 77.1 Å². The van der Waals surface area contributed by atoms with Crippen LogP contribution in [0.1, 0.15) is 5.56 Å². The number of halogens is 1.